The topological polar surface area (TPSA) is 139 Å². The number of aliphatic hydroxyl groups is 1. The predicted octanol–water partition coefficient (Wildman–Crippen LogP) is 2.64. The van der Waals surface area contributed by atoms with Gasteiger partial charge >= 0.3 is 65.1 Å². The van der Waals surface area contributed by atoms with E-state index in [-0.39, 0.29) is 77.1 Å². The number of carbonyl (C=O) groups is 2. The van der Waals surface area contributed by atoms with Gasteiger partial charge < -0.3 is 19.3 Å². The van der Waals surface area contributed by atoms with Crippen molar-refractivity contribution in [2.75, 3.05) is 13.2 Å². The third-order valence-electron chi connectivity index (χ3n) is 7.68. The van der Waals surface area contributed by atoms with E-state index in [1.807, 2.05) is 24.3 Å². The Hall–Kier alpha value is -2.80. The molecule has 0 saturated carbocycles. The number of nitrogens with one attached hydrogen (secondary N) is 1. The van der Waals surface area contributed by atoms with Crippen molar-refractivity contribution in [3.05, 3.63) is 82.6 Å². The predicted molar refractivity (Wildman–Crippen MR) is 164 cm³/mol. The zero-order chi connectivity index (χ0) is 28.5. The third-order valence-corrected chi connectivity index (χ3v) is 7.68. The molecule has 1 amide bonds. The summed E-state index contributed by atoms with van der Waals surface area (Å²) in [6.07, 6.45) is 3.30. The molecular formula is C30H33N7Na2O4. The Morgan fingerprint density at radius 2 is 1.84 bits per heavy atom. The van der Waals surface area contributed by atoms with E-state index in [1.54, 1.807) is 11.8 Å². The minimum absolute atomic E-state index is 0. The van der Waals surface area contributed by atoms with E-state index in [0.717, 1.165) is 58.7 Å². The number of esters is 1. The number of aromatic amines is 1. The fourth-order valence-corrected chi connectivity index (χ4v) is 5.73. The van der Waals surface area contributed by atoms with Crippen LogP contribution in [0.4, 0.5) is 0 Å². The molecular weight excluding hydrogens is 568 g/mol. The first-order valence-corrected chi connectivity index (χ1v) is 13.9. The molecule has 11 nitrogen and oxygen atoms in total. The number of H-pyrrole nitrogens is 1. The van der Waals surface area contributed by atoms with Gasteiger partial charge in [0.05, 0.1) is 18.0 Å². The van der Waals surface area contributed by atoms with Gasteiger partial charge in [-0.3, -0.25) is 4.79 Å². The number of imidazole rings is 1. The number of rotatable bonds is 9. The zero-order valence-corrected chi connectivity index (χ0v) is 23.0. The number of ether oxygens (including phenoxy) is 1. The summed E-state index contributed by atoms with van der Waals surface area (Å²) in [5.41, 5.74) is 5.31. The van der Waals surface area contributed by atoms with Crippen LogP contribution in [0.3, 0.4) is 0 Å². The molecule has 0 saturated heterocycles. The molecule has 0 aliphatic carbocycles. The summed E-state index contributed by atoms with van der Waals surface area (Å²) >= 11 is 0. The number of aromatic nitrogens is 6. The Bertz CT molecular complexity index is 1630. The number of hydrogen-bond acceptors (Lipinski definition) is 8. The molecule has 0 fully saturated rings. The van der Waals surface area contributed by atoms with Crippen molar-refractivity contribution >= 4 is 71.0 Å². The molecule has 2 aromatic carbocycles. The van der Waals surface area contributed by atoms with E-state index in [1.165, 1.54) is 0 Å². The van der Waals surface area contributed by atoms with Gasteiger partial charge in [-0.1, -0.05) is 61.9 Å². The van der Waals surface area contributed by atoms with Gasteiger partial charge in [-0.25, -0.2) is 14.9 Å². The summed E-state index contributed by atoms with van der Waals surface area (Å²) in [7, 11) is 0. The van der Waals surface area contributed by atoms with Crippen molar-refractivity contribution in [2.24, 2.45) is 0 Å². The van der Waals surface area contributed by atoms with Crippen molar-refractivity contribution in [1.82, 2.24) is 35.1 Å². The van der Waals surface area contributed by atoms with Crippen LogP contribution in [0.5, 0.6) is 0 Å². The monoisotopic (exact) mass is 601 g/mol. The molecule has 0 bridgehead atoms. The first-order valence-electron chi connectivity index (χ1n) is 13.9. The fraction of sp³-hybridized carbons (Fsp3) is 0.333. The Kier molecular flexibility index (Phi) is 11.0. The maximum atomic E-state index is 13.2. The van der Waals surface area contributed by atoms with Crippen LogP contribution in [0.2, 0.25) is 0 Å². The molecule has 0 spiro atoms. The van der Waals surface area contributed by atoms with Gasteiger partial charge in [-0.05, 0) is 40.5 Å². The van der Waals surface area contributed by atoms with Crippen LogP contribution >= 0.6 is 0 Å². The van der Waals surface area contributed by atoms with Gasteiger partial charge in [0.25, 0.3) is 5.91 Å². The van der Waals surface area contributed by atoms with Gasteiger partial charge in [0, 0.05) is 31.5 Å². The normalized spacial score (nSPS) is 15.4. The number of amides is 1. The average Bonchev–Trinajstić information content (AvgIpc) is 3.70. The van der Waals surface area contributed by atoms with Gasteiger partial charge in [-0.15, -0.1) is 5.10 Å². The van der Waals surface area contributed by atoms with Crippen molar-refractivity contribution < 1.29 is 19.4 Å². The van der Waals surface area contributed by atoms with Gasteiger partial charge in [0.15, 0.2) is 11.4 Å². The molecule has 6 rings (SSSR count). The van der Waals surface area contributed by atoms with Crippen molar-refractivity contribution in [2.45, 2.75) is 52.1 Å². The molecule has 2 aliphatic heterocycles. The number of fused-ring (bicyclic) bond motifs is 3. The quantitative estimate of drug-likeness (QED) is 0.170. The second-order valence-electron chi connectivity index (χ2n) is 10.2. The first kappa shape index (κ1) is 33.1. The Labute approximate surface area is 293 Å². The molecule has 4 aromatic rings. The molecule has 13 heteroatoms. The molecule has 43 heavy (non-hydrogen) atoms. The van der Waals surface area contributed by atoms with E-state index in [9.17, 15) is 14.7 Å². The molecule has 4 heterocycles. The van der Waals surface area contributed by atoms with Crippen LogP contribution < -0.4 is 0 Å². The van der Waals surface area contributed by atoms with Gasteiger partial charge in [0.1, 0.15) is 17.6 Å². The van der Waals surface area contributed by atoms with Crippen LogP contribution in [0.25, 0.3) is 22.5 Å². The van der Waals surface area contributed by atoms with Gasteiger partial charge in [0.2, 0.25) is 0 Å². The van der Waals surface area contributed by atoms with E-state index in [2.05, 4.69) is 56.4 Å². The summed E-state index contributed by atoms with van der Waals surface area (Å²) < 4.78 is 7.20. The van der Waals surface area contributed by atoms with Crippen molar-refractivity contribution in [3.8, 4) is 22.5 Å². The molecule has 2 N–H and O–H groups in total. The summed E-state index contributed by atoms with van der Waals surface area (Å²) in [5.74, 6) is -0.0344. The van der Waals surface area contributed by atoms with E-state index < -0.39 is 17.9 Å². The van der Waals surface area contributed by atoms with E-state index >= 15 is 0 Å². The van der Waals surface area contributed by atoms with Crippen LogP contribution in [-0.2, 0) is 33.7 Å². The number of tetrazole rings is 1. The Balaban J connectivity index is 0.00000212. The molecule has 1 unspecified atom stereocenters. The summed E-state index contributed by atoms with van der Waals surface area (Å²) in [5, 5.41) is 25.5. The second kappa shape index (κ2) is 14.3. The van der Waals surface area contributed by atoms with Crippen LogP contribution in [0.1, 0.15) is 55.5 Å². The average molecular weight is 602 g/mol. The number of benzene rings is 2. The number of nitrogens with zero attached hydrogens (tertiary/aromatic N) is 6. The standard InChI is InChI=1S/C30H31N7O4.2Na.2H/c1-3-5-10-23-31-22-15-16-36-26(27(38)24(29(36)39)30(40)41-4-2)25(22)37(23)17-18-11-13-19(14-12-18)20-8-6-7-9-21(20)28-32-34-35-33-28;;;;/h6-9,11-14,26,38H,3-5,10,15-17H2,1-2H3,(H,32,33,34,35);;;;. The summed E-state index contributed by atoms with van der Waals surface area (Å²) in [6, 6.07) is 15.4. The third kappa shape index (κ3) is 6.25. The number of aliphatic hydroxyl groups excluding tert-OH is 1. The molecule has 0 radical (unpaired) electrons. The number of carbonyl (C=O) groups excluding carboxylic acids is 2. The van der Waals surface area contributed by atoms with Crippen molar-refractivity contribution in [3.63, 3.8) is 0 Å². The van der Waals surface area contributed by atoms with Crippen LogP contribution in [0.15, 0.2) is 59.9 Å². The summed E-state index contributed by atoms with van der Waals surface area (Å²) in [4.78, 5) is 32.3. The second-order valence-corrected chi connectivity index (χ2v) is 10.2. The van der Waals surface area contributed by atoms with Crippen molar-refractivity contribution in [1.29, 1.82) is 0 Å². The van der Waals surface area contributed by atoms with Gasteiger partial charge in [-0.2, -0.15) is 0 Å². The number of unbranched alkanes of at least 4 members (excludes halogenated alkanes) is 1. The fourth-order valence-electron chi connectivity index (χ4n) is 5.73. The van der Waals surface area contributed by atoms with E-state index in [0.29, 0.717) is 25.3 Å². The molecule has 2 aromatic heterocycles. The first-order chi connectivity index (χ1) is 20.0. The Morgan fingerprint density at radius 1 is 1.09 bits per heavy atom. The minimum atomic E-state index is -0.791. The van der Waals surface area contributed by atoms with E-state index in [4.69, 9.17) is 9.72 Å². The molecule has 2 aliphatic rings. The SMILES string of the molecule is CCCCc1nc2c(n1Cc1ccc(-c3ccccc3-c3nnn[nH]3)cc1)C1C(O)=C(C(=O)OCC)C(=O)N1CC2.[NaH].[NaH]. The molecule has 214 valence electrons. The van der Waals surface area contributed by atoms with Crippen LogP contribution in [0, 0.1) is 0 Å². The maximum absolute atomic E-state index is 13.2. The zero-order valence-electron chi connectivity index (χ0n) is 23.0. The number of aryl methyl sites for hydroxylation is 1. The Morgan fingerprint density at radius 3 is 2.51 bits per heavy atom. The molecule has 1 atom stereocenters. The summed E-state index contributed by atoms with van der Waals surface area (Å²) in [6.45, 7) is 4.81. The number of hydrogen-bond donors (Lipinski definition) is 2. The van der Waals surface area contributed by atoms with Crippen LogP contribution in [-0.4, -0.2) is 124 Å².